The average molecular weight is 446 g/mol. The summed E-state index contributed by atoms with van der Waals surface area (Å²) >= 11 is 0. The molecular formula is C24H27N7O2. The molecule has 4 aromatic rings. The number of rotatable bonds is 6. The second-order valence-electron chi connectivity index (χ2n) is 8.03. The van der Waals surface area contributed by atoms with Gasteiger partial charge in [-0.2, -0.15) is 10.1 Å². The van der Waals surface area contributed by atoms with E-state index >= 15 is 0 Å². The lowest BCUT2D eigenvalue weighted by Gasteiger charge is -2.34. The molecule has 5 rings (SSSR count). The summed E-state index contributed by atoms with van der Waals surface area (Å²) < 4.78 is 12.7. The van der Waals surface area contributed by atoms with Crippen LogP contribution in [0.15, 0.2) is 54.9 Å². The fourth-order valence-corrected chi connectivity index (χ4v) is 3.98. The molecule has 1 aliphatic rings. The zero-order valence-electron chi connectivity index (χ0n) is 19.0. The van der Waals surface area contributed by atoms with Crippen molar-refractivity contribution in [3.8, 4) is 17.2 Å². The molecule has 0 bridgehead atoms. The Kier molecular flexibility index (Phi) is 5.70. The van der Waals surface area contributed by atoms with E-state index in [1.165, 1.54) is 0 Å². The van der Waals surface area contributed by atoms with Crippen molar-refractivity contribution in [3.63, 3.8) is 0 Å². The van der Waals surface area contributed by atoms with Crippen LogP contribution in [-0.2, 0) is 0 Å². The van der Waals surface area contributed by atoms with Gasteiger partial charge in [0.1, 0.15) is 11.5 Å². The second kappa shape index (κ2) is 8.95. The molecule has 0 spiro atoms. The lowest BCUT2D eigenvalue weighted by Crippen LogP contribution is -2.44. The highest BCUT2D eigenvalue weighted by Crippen LogP contribution is 2.33. The maximum atomic E-state index is 5.70. The van der Waals surface area contributed by atoms with Gasteiger partial charge in [0.15, 0.2) is 5.65 Å². The fourth-order valence-electron chi connectivity index (χ4n) is 3.98. The van der Waals surface area contributed by atoms with Crippen molar-refractivity contribution < 1.29 is 9.47 Å². The molecule has 0 aliphatic carbocycles. The zero-order valence-corrected chi connectivity index (χ0v) is 19.0. The quantitative estimate of drug-likeness (QED) is 0.484. The molecule has 2 aromatic heterocycles. The highest BCUT2D eigenvalue weighted by Gasteiger charge is 2.18. The predicted molar refractivity (Wildman–Crippen MR) is 129 cm³/mol. The summed E-state index contributed by atoms with van der Waals surface area (Å²) in [6.45, 7) is 4.04. The molecule has 0 amide bonds. The van der Waals surface area contributed by atoms with Crippen LogP contribution in [0.2, 0.25) is 0 Å². The largest absolute Gasteiger partial charge is 0.497 e. The third-order valence-corrected chi connectivity index (χ3v) is 5.91. The van der Waals surface area contributed by atoms with Crippen LogP contribution < -0.4 is 19.7 Å². The molecule has 1 aliphatic heterocycles. The zero-order chi connectivity index (χ0) is 22.8. The summed E-state index contributed by atoms with van der Waals surface area (Å²) in [5.74, 6) is 2.11. The number of methoxy groups -OCH3 is 2. The first kappa shape index (κ1) is 21.0. The standard InChI is InChI=1S/C24H27N7O2/c1-29-10-12-30(13-11-29)21-9-4-18(14-22(21)33-3)27-24-25-15-17-16-26-31(23(17)28-24)19-5-7-20(32-2)8-6-19/h4-9,14-16H,10-13H2,1-3H3,(H,25,27,28). The van der Waals surface area contributed by atoms with Gasteiger partial charge >= 0.3 is 0 Å². The number of benzene rings is 2. The fraction of sp³-hybridized carbons (Fsp3) is 0.292. The minimum atomic E-state index is 0.493. The molecule has 1 fully saturated rings. The van der Waals surface area contributed by atoms with Crippen molar-refractivity contribution in [3.05, 3.63) is 54.9 Å². The first-order valence-electron chi connectivity index (χ1n) is 10.9. The highest BCUT2D eigenvalue weighted by atomic mass is 16.5. The van der Waals surface area contributed by atoms with Crippen molar-refractivity contribution in [2.45, 2.75) is 0 Å². The Balaban J connectivity index is 1.40. The van der Waals surface area contributed by atoms with E-state index in [9.17, 15) is 0 Å². The summed E-state index contributed by atoms with van der Waals surface area (Å²) in [4.78, 5) is 13.9. The second-order valence-corrected chi connectivity index (χ2v) is 8.03. The third kappa shape index (κ3) is 4.27. The van der Waals surface area contributed by atoms with Gasteiger partial charge in [-0.3, -0.25) is 0 Å². The molecule has 1 saturated heterocycles. The van der Waals surface area contributed by atoms with Crippen LogP contribution in [0.1, 0.15) is 0 Å². The Morgan fingerprint density at radius 1 is 0.909 bits per heavy atom. The van der Waals surface area contributed by atoms with Crippen molar-refractivity contribution in [2.24, 2.45) is 0 Å². The number of nitrogens with zero attached hydrogens (tertiary/aromatic N) is 6. The third-order valence-electron chi connectivity index (χ3n) is 5.91. The van der Waals surface area contributed by atoms with E-state index in [0.717, 1.165) is 65.8 Å². The number of ether oxygens (including phenoxy) is 2. The van der Waals surface area contributed by atoms with E-state index in [1.807, 2.05) is 36.4 Å². The number of anilines is 3. The maximum absolute atomic E-state index is 5.70. The Labute approximate surface area is 192 Å². The van der Waals surface area contributed by atoms with Crippen LogP contribution in [0.3, 0.4) is 0 Å². The van der Waals surface area contributed by atoms with Crippen LogP contribution in [0.5, 0.6) is 11.5 Å². The molecule has 33 heavy (non-hydrogen) atoms. The van der Waals surface area contributed by atoms with Crippen molar-refractivity contribution in [1.82, 2.24) is 24.6 Å². The van der Waals surface area contributed by atoms with E-state index in [0.29, 0.717) is 5.95 Å². The van der Waals surface area contributed by atoms with Crippen LogP contribution in [-0.4, -0.2) is 72.1 Å². The molecule has 170 valence electrons. The Morgan fingerprint density at radius 3 is 2.42 bits per heavy atom. The van der Waals surface area contributed by atoms with Gasteiger partial charge in [0.25, 0.3) is 0 Å². The van der Waals surface area contributed by atoms with Gasteiger partial charge in [-0.1, -0.05) is 0 Å². The molecule has 1 N–H and O–H groups in total. The molecule has 0 atom stereocenters. The SMILES string of the molecule is COc1ccc(-n2ncc3cnc(Nc4ccc(N5CCN(C)CC5)c(OC)c4)nc32)cc1. The van der Waals surface area contributed by atoms with Crippen molar-refractivity contribution in [1.29, 1.82) is 0 Å². The van der Waals surface area contributed by atoms with Gasteiger partial charge in [0, 0.05) is 44.1 Å². The summed E-state index contributed by atoms with van der Waals surface area (Å²) in [7, 11) is 5.50. The van der Waals surface area contributed by atoms with Crippen LogP contribution in [0.25, 0.3) is 16.7 Å². The van der Waals surface area contributed by atoms with Crippen LogP contribution in [0, 0.1) is 0 Å². The number of likely N-dealkylation sites (N-methyl/N-ethyl adjacent to an activating group) is 1. The minimum absolute atomic E-state index is 0.493. The Bertz CT molecular complexity index is 1250. The molecule has 9 nitrogen and oxygen atoms in total. The molecule has 0 unspecified atom stereocenters. The van der Waals surface area contributed by atoms with Gasteiger partial charge < -0.3 is 24.6 Å². The topological polar surface area (TPSA) is 80.6 Å². The molecule has 0 radical (unpaired) electrons. The van der Waals surface area contributed by atoms with Gasteiger partial charge in [0.2, 0.25) is 5.95 Å². The molecule has 0 saturated carbocycles. The van der Waals surface area contributed by atoms with Crippen molar-refractivity contribution in [2.75, 3.05) is 57.7 Å². The minimum Gasteiger partial charge on any atom is -0.497 e. The first-order valence-corrected chi connectivity index (χ1v) is 10.9. The smallest absolute Gasteiger partial charge is 0.229 e. The number of aromatic nitrogens is 4. The number of fused-ring (bicyclic) bond motifs is 1. The van der Waals surface area contributed by atoms with E-state index in [4.69, 9.17) is 14.5 Å². The lowest BCUT2D eigenvalue weighted by molar-refractivity contribution is 0.311. The number of hydrogen-bond acceptors (Lipinski definition) is 8. The summed E-state index contributed by atoms with van der Waals surface area (Å²) in [5, 5.41) is 8.65. The van der Waals surface area contributed by atoms with Gasteiger partial charge in [-0.05, 0) is 43.4 Å². The summed E-state index contributed by atoms with van der Waals surface area (Å²) in [6, 6.07) is 13.8. The van der Waals surface area contributed by atoms with E-state index < -0.39 is 0 Å². The number of piperazine rings is 1. The molecule has 3 heterocycles. The normalized spacial score (nSPS) is 14.5. The van der Waals surface area contributed by atoms with E-state index in [-0.39, 0.29) is 0 Å². The van der Waals surface area contributed by atoms with Gasteiger partial charge in [0.05, 0.1) is 37.2 Å². The number of hydrogen-bond donors (Lipinski definition) is 1. The Hall–Kier alpha value is -3.85. The van der Waals surface area contributed by atoms with Crippen LogP contribution in [0.4, 0.5) is 17.3 Å². The average Bonchev–Trinajstić information content (AvgIpc) is 3.28. The van der Waals surface area contributed by atoms with Crippen LogP contribution >= 0.6 is 0 Å². The number of nitrogens with one attached hydrogen (secondary N) is 1. The first-order chi connectivity index (χ1) is 16.1. The maximum Gasteiger partial charge on any atom is 0.229 e. The highest BCUT2D eigenvalue weighted by molar-refractivity contribution is 5.77. The summed E-state index contributed by atoms with van der Waals surface area (Å²) in [6.07, 6.45) is 3.53. The molecule has 2 aromatic carbocycles. The van der Waals surface area contributed by atoms with E-state index in [2.05, 4.69) is 38.3 Å². The van der Waals surface area contributed by atoms with E-state index in [1.54, 1.807) is 31.3 Å². The lowest BCUT2D eigenvalue weighted by atomic mass is 10.2. The predicted octanol–water partition coefficient (Wildman–Crippen LogP) is 3.33. The monoisotopic (exact) mass is 445 g/mol. The van der Waals surface area contributed by atoms with Gasteiger partial charge in [-0.25, -0.2) is 9.67 Å². The summed E-state index contributed by atoms with van der Waals surface area (Å²) in [5.41, 5.74) is 3.58. The van der Waals surface area contributed by atoms with Gasteiger partial charge in [-0.15, -0.1) is 0 Å². The molecular weight excluding hydrogens is 418 g/mol. The van der Waals surface area contributed by atoms with Crippen molar-refractivity contribution >= 4 is 28.4 Å². The Morgan fingerprint density at radius 2 is 1.70 bits per heavy atom. The molecule has 9 heteroatoms.